The summed E-state index contributed by atoms with van der Waals surface area (Å²) in [5.41, 5.74) is 7.37. The summed E-state index contributed by atoms with van der Waals surface area (Å²) in [5, 5.41) is 0. The lowest BCUT2D eigenvalue weighted by atomic mass is 10.1. The molecule has 1 heterocycles. The number of nitrogens with zero attached hydrogens (tertiary/aromatic N) is 2. The molecule has 1 aromatic rings. The van der Waals surface area contributed by atoms with Crippen molar-refractivity contribution in [2.45, 2.75) is 38.0 Å². The fraction of sp³-hybridized carbons (Fsp3) is 0.533. The van der Waals surface area contributed by atoms with Gasteiger partial charge in [0.1, 0.15) is 0 Å². The van der Waals surface area contributed by atoms with Gasteiger partial charge >= 0.3 is 0 Å². The van der Waals surface area contributed by atoms with Crippen LogP contribution in [-0.4, -0.2) is 36.2 Å². The van der Waals surface area contributed by atoms with Crippen molar-refractivity contribution in [2.75, 3.05) is 13.2 Å². The third kappa shape index (κ3) is 2.73. The Kier molecular flexibility index (Phi) is 3.69. The average Bonchev–Trinajstić information content (AvgIpc) is 2.94. The molecule has 2 fully saturated rings. The third-order valence-corrected chi connectivity index (χ3v) is 4.04. The van der Waals surface area contributed by atoms with Crippen molar-refractivity contribution >= 4 is 5.96 Å². The monoisotopic (exact) mass is 259 g/mol. The molecule has 2 unspecified atom stereocenters. The highest BCUT2D eigenvalue weighted by atomic mass is 16.5. The molecule has 1 saturated carbocycles. The highest BCUT2D eigenvalue weighted by molar-refractivity contribution is 5.78. The highest BCUT2D eigenvalue weighted by Crippen LogP contribution is 2.29. The summed E-state index contributed by atoms with van der Waals surface area (Å²) in [7, 11) is 0. The van der Waals surface area contributed by atoms with Gasteiger partial charge < -0.3 is 15.4 Å². The molecule has 3 rings (SSSR count). The summed E-state index contributed by atoms with van der Waals surface area (Å²) in [6, 6.07) is 10.7. The molecule has 2 aliphatic rings. The van der Waals surface area contributed by atoms with Crippen LogP contribution in [0.4, 0.5) is 0 Å². The van der Waals surface area contributed by atoms with Gasteiger partial charge in [0.25, 0.3) is 0 Å². The van der Waals surface area contributed by atoms with Gasteiger partial charge in [-0.15, -0.1) is 0 Å². The van der Waals surface area contributed by atoms with Crippen molar-refractivity contribution < 1.29 is 4.74 Å². The van der Waals surface area contributed by atoms with Crippen LogP contribution in [0.2, 0.25) is 0 Å². The molecular formula is C15H21N3O. The lowest BCUT2D eigenvalue weighted by Crippen LogP contribution is -2.53. The van der Waals surface area contributed by atoms with Crippen molar-refractivity contribution in [1.29, 1.82) is 0 Å². The van der Waals surface area contributed by atoms with Crippen LogP contribution in [0.25, 0.3) is 0 Å². The van der Waals surface area contributed by atoms with Crippen LogP contribution in [0.15, 0.2) is 35.3 Å². The summed E-state index contributed by atoms with van der Waals surface area (Å²) >= 11 is 0. The number of morpholine rings is 1. The van der Waals surface area contributed by atoms with Gasteiger partial charge in [0.15, 0.2) is 5.96 Å². The smallest absolute Gasteiger partial charge is 0.192 e. The first-order valence-corrected chi connectivity index (χ1v) is 7.06. The minimum Gasteiger partial charge on any atom is -0.374 e. The van der Waals surface area contributed by atoms with Gasteiger partial charge in [-0.05, 0) is 24.8 Å². The number of aliphatic imine (C=N–C) groups is 1. The van der Waals surface area contributed by atoms with E-state index in [1.165, 1.54) is 18.4 Å². The molecule has 0 spiro atoms. The van der Waals surface area contributed by atoms with E-state index in [1.807, 2.05) is 18.2 Å². The zero-order chi connectivity index (χ0) is 13.1. The van der Waals surface area contributed by atoms with Crippen molar-refractivity contribution in [1.82, 2.24) is 4.90 Å². The van der Waals surface area contributed by atoms with Crippen LogP contribution in [0, 0.1) is 0 Å². The summed E-state index contributed by atoms with van der Waals surface area (Å²) < 4.78 is 5.79. The fourth-order valence-electron chi connectivity index (χ4n) is 3.06. The molecule has 1 aliphatic heterocycles. The van der Waals surface area contributed by atoms with Crippen molar-refractivity contribution in [3.63, 3.8) is 0 Å². The predicted octanol–water partition coefficient (Wildman–Crippen LogP) is 1.75. The second-order valence-corrected chi connectivity index (χ2v) is 5.26. The Morgan fingerprint density at radius 3 is 3.00 bits per heavy atom. The molecule has 0 bridgehead atoms. The Balaban J connectivity index is 1.67. The van der Waals surface area contributed by atoms with Gasteiger partial charge in [0, 0.05) is 6.54 Å². The van der Waals surface area contributed by atoms with Crippen molar-refractivity contribution in [3.05, 3.63) is 35.9 Å². The summed E-state index contributed by atoms with van der Waals surface area (Å²) in [6.45, 7) is 2.29. The second-order valence-electron chi connectivity index (χ2n) is 5.26. The molecule has 2 atom stereocenters. The van der Waals surface area contributed by atoms with E-state index in [4.69, 9.17) is 10.5 Å². The van der Waals surface area contributed by atoms with Crippen LogP contribution < -0.4 is 5.73 Å². The molecular weight excluding hydrogens is 238 g/mol. The number of hydrogen-bond donors (Lipinski definition) is 1. The largest absolute Gasteiger partial charge is 0.374 e. The first-order chi connectivity index (χ1) is 9.34. The lowest BCUT2D eigenvalue weighted by molar-refractivity contribution is -0.0298. The van der Waals surface area contributed by atoms with Crippen LogP contribution in [0.3, 0.4) is 0 Å². The van der Waals surface area contributed by atoms with Crippen LogP contribution in [-0.2, 0) is 11.3 Å². The number of nitrogens with two attached hydrogens (primary N) is 1. The third-order valence-electron chi connectivity index (χ3n) is 4.04. The minimum atomic E-state index is 0.360. The van der Waals surface area contributed by atoms with Gasteiger partial charge in [-0.25, -0.2) is 4.99 Å². The van der Waals surface area contributed by atoms with Gasteiger partial charge in [0.05, 0.1) is 25.3 Å². The maximum atomic E-state index is 6.17. The van der Waals surface area contributed by atoms with Crippen LogP contribution in [0.1, 0.15) is 24.8 Å². The topological polar surface area (TPSA) is 50.8 Å². The average molecular weight is 259 g/mol. The molecule has 4 nitrogen and oxygen atoms in total. The maximum Gasteiger partial charge on any atom is 0.192 e. The van der Waals surface area contributed by atoms with E-state index in [-0.39, 0.29) is 0 Å². The molecule has 19 heavy (non-hydrogen) atoms. The Morgan fingerprint density at radius 1 is 1.32 bits per heavy atom. The number of fused-ring (bicyclic) bond motifs is 1. The molecule has 0 radical (unpaired) electrons. The molecule has 2 N–H and O–H groups in total. The number of hydrogen-bond acceptors (Lipinski definition) is 2. The van der Waals surface area contributed by atoms with E-state index >= 15 is 0 Å². The SMILES string of the molecule is NC(=NCc1ccccc1)N1CCOC2CCCC21. The number of guanidine groups is 1. The van der Waals surface area contributed by atoms with E-state index in [2.05, 4.69) is 22.0 Å². The number of benzene rings is 1. The first-order valence-electron chi connectivity index (χ1n) is 7.06. The van der Waals surface area contributed by atoms with Gasteiger partial charge in [-0.2, -0.15) is 0 Å². The molecule has 102 valence electrons. The summed E-state index contributed by atoms with van der Waals surface area (Å²) in [5.74, 6) is 0.670. The molecule has 1 aliphatic carbocycles. The minimum absolute atomic E-state index is 0.360. The van der Waals surface area contributed by atoms with Crippen LogP contribution >= 0.6 is 0 Å². The lowest BCUT2D eigenvalue weighted by Gasteiger charge is -2.38. The van der Waals surface area contributed by atoms with E-state index in [0.717, 1.165) is 19.6 Å². The van der Waals surface area contributed by atoms with E-state index in [9.17, 15) is 0 Å². The Bertz CT molecular complexity index is 446. The molecule has 4 heteroatoms. The molecule has 0 amide bonds. The summed E-state index contributed by atoms with van der Waals surface area (Å²) in [4.78, 5) is 6.78. The van der Waals surface area contributed by atoms with Crippen molar-refractivity contribution in [3.8, 4) is 0 Å². The molecule has 1 saturated heterocycles. The van der Waals surface area contributed by atoms with E-state index < -0.39 is 0 Å². The Hall–Kier alpha value is -1.55. The Labute approximate surface area is 114 Å². The number of ether oxygens (including phenoxy) is 1. The Morgan fingerprint density at radius 2 is 2.16 bits per heavy atom. The van der Waals surface area contributed by atoms with Gasteiger partial charge in [-0.3, -0.25) is 0 Å². The van der Waals surface area contributed by atoms with Gasteiger partial charge in [0.2, 0.25) is 0 Å². The maximum absolute atomic E-state index is 6.17. The second kappa shape index (κ2) is 5.61. The standard InChI is InChI=1S/C15H21N3O/c16-15(17-11-12-5-2-1-3-6-12)18-9-10-19-14-8-4-7-13(14)18/h1-3,5-6,13-14H,4,7-11H2,(H2,16,17). The summed E-state index contributed by atoms with van der Waals surface area (Å²) in [6.07, 6.45) is 3.93. The quantitative estimate of drug-likeness (QED) is 0.650. The number of rotatable bonds is 2. The normalized spacial score (nSPS) is 27.4. The zero-order valence-corrected chi connectivity index (χ0v) is 11.2. The zero-order valence-electron chi connectivity index (χ0n) is 11.2. The molecule has 0 aromatic heterocycles. The fourth-order valence-corrected chi connectivity index (χ4v) is 3.06. The van der Waals surface area contributed by atoms with E-state index in [1.54, 1.807) is 0 Å². The van der Waals surface area contributed by atoms with Crippen molar-refractivity contribution in [2.24, 2.45) is 10.7 Å². The first kappa shape index (κ1) is 12.5. The predicted molar refractivity (Wildman–Crippen MR) is 75.9 cm³/mol. The van der Waals surface area contributed by atoms with E-state index in [0.29, 0.717) is 24.7 Å². The highest BCUT2D eigenvalue weighted by Gasteiger charge is 2.36. The molecule has 1 aromatic carbocycles. The van der Waals surface area contributed by atoms with Gasteiger partial charge in [-0.1, -0.05) is 30.3 Å². The van der Waals surface area contributed by atoms with Crippen LogP contribution in [0.5, 0.6) is 0 Å².